The standard InChI is InChI=1S/C18H23N3O4S2.C17H20BN4O4PS2/c1-8-13-12(9(2)22)16(23)20(13)14(17(24)25)15(8)27-18-19-10-5-6-21(3,4)7-11(10)26-18;1-7-12-11(8(2)23)15(24)22(12)13(16(25)26-27-20-18)14(7)29-17-19-9-4-5-21(3)6-10(9)28-17/h8-9,12-13,22H,5-7H2,1-4H3;7-8,11-12,23H,4-6H2,1-3H3/t8-,9-,12-,13-;7-,8-,11-,12-/m11/s1. The second kappa shape index (κ2) is 15.8. The topological polar surface area (TPSA) is 189 Å². The van der Waals surface area contributed by atoms with Crippen molar-refractivity contribution in [1.29, 1.82) is 0 Å². The fourth-order valence-electron chi connectivity index (χ4n) is 8.53. The molecule has 2 N–H and O–H groups in total. The number of thiazole rings is 2. The lowest BCUT2D eigenvalue weighted by Gasteiger charge is -2.47. The number of aliphatic hydroxyl groups excluding tert-OH is 2. The summed E-state index contributed by atoms with van der Waals surface area (Å²) in [5, 5.41) is 31.7. The van der Waals surface area contributed by atoms with Crippen LogP contribution in [-0.2, 0) is 49.6 Å². The Hall–Kier alpha value is -2.68. The molecule has 8 atom stereocenters. The highest BCUT2D eigenvalue weighted by atomic mass is 32.2. The summed E-state index contributed by atoms with van der Waals surface area (Å²) in [6, 6.07) is -0.585. The number of quaternary nitrogens is 1. The van der Waals surface area contributed by atoms with Gasteiger partial charge in [0.05, 0.1) is 84.7 Å². The molecule has 0 spiro atoms. The minimum atomic E-state index is -1.34. The molecule has 2 aromatic rings. The highest BCUT2D eigenvalue weighted by Gasteiger charge is 2.61. The van der Waals surface area contributed by atoms with Gasteiger partial charge in [0.2, 0.25) is 20.4 Å². The summed E-state index contributed by atoms with van der Waals surface area (Å²) in [4.78, 5) is 67.9. The number of rotatable bonds is 9. The first-order valence-electron chi connectivity index (χ1n) is 18.3. The Morgan fingerprint density at radius 1 is 0.946 bits per heavy atom. The zero-order chi connectivity index (χ0) is 40.5. The van der Waals surface area contributed by atoms with E-state index in [1.54, 1.807) is 36.5 Å². The van der Waals surface area contributed by atoms with Crippen LogP contribution in [0.15, 0.2) is 34.5 Å². The maximum Gasteiger partial charge on any atom is 0.365 e. The third kappa shape index (κ3) is 7.31. The van der Waals surface area contributed by atoms with Gasteiger partial charge in [-0.2, -0.15) is 0 Å². The Bertz CT molecular complexity index is 2070. The van der Waals surface area contributed by atoms with E-state index in [4.69, 9.17) is 22.5 Å². The second-order valence-corrected chi connectivity index (χ2v) is 21.1. The molecule has 21 heteroatoms. The van der Waals surface area contributed by atoms with Crippen LogP contribution < -0.4 is 5.11 Å². The molecule has 8 rings (SSSR count). The smallest absolute Gasteiger partial charge is 0.365 e. The third-order valence-corrected chi connectivity index (χ3v) is 16.6. The SMILES string of the molecule is C[C@@H](O)[C@H]1C(=O)N2C(C(=O)[O-])=C(Sc3nc4c(s3)C[N+](C)(C)CC4)[C@H](C)[C@H]12.[B]N=POC(=O)C1=C(Sc2nc3c(s2)CN(C)CC3)[C@H](C)[C@@H]2[C@@H]([C@@H](C)O)C(=O)N12. The van der Waals surface area contributed by atoms with Gasteiger partial charge in [0.1, 0.15) is 12.2 Å². The largest absolute Gasteiger partial charge is 0.543 e. The van der Waals surface area contributed by atoms with Crippen LogP contribution >= 0.6 is 54.8 Å². The van der Waals surface area contributed by atoms with Crippen LogP contribution in [0.2, 0.25) is 0 Å². The van der Waals surface area contributed by atoms with E-state index in [9.17, 15) is 34.5 Å². The van der Waals surface area contributed by atoms with Gasteiger partial charge in [-0.25, -0.2) is 14.8 Å². The van der Waals surface area contributed by atoms with E-state index in [2.05, 4.69) is 30.7 Å². The Morgan fingerprint density at radius 3 is 2.00 bits per heavy atom. The van der Waals surface area contributed by atoms with Crippen molar-refractivity contribution in [3.8, 4) is 0 Å². The summed E-state index contributed by atoms with van der Waals surface area (Å²) < 4.78 is 10.9. The molecule has 0 saturated carbocycles. The summed E-state index contributed by atoms with van der Waals surface area (Å²) in [5.41, 5.74) is 2.37. The van der Waals surface area contributed by atoms with Crippen LogP contribution in [0.4, 0.5) is 0 Å². The van der Waals surface area contributed by atoms with Crippen molar-refractivity contribution in [2.45, 2.75) is 86.6 Å². The van der Waals surface area contributed by atoms with Crippen LogP contribution in [-0.4, -0.2) is 130 Å². The highest BCUT2D eigenvalue weighted by molar-refractivity contribution is 8.05. The minimum Gasteiger partial charge on any atom is -0.543 e. The van der Waals surface area contributed by atoms with Gasteiger partial charge >= 0.3 is 5.97 Å². The fraction of sp³-hybridized carbons (Fsp3) is 0.600. The minimum absolute atomic E-state index is 0.0276. The van der Waals surface area contributed by atoms with E-state index in [1.807, 2.05) is 13.8 Å². The number of carboxylic acids is 1. The molecule has 0 unspecified atom stereocenters. The number of carbonyl (C=O) groups excluding carboxylic acids is 4. The molecule has 2 fully saturated rings. The first-order valence-corrected chi connectivity index (χ1v) is 22.3. The summed E-state index contributed by atoms with van der Waals surface area (Å²) >= 11 is 5.98. The van der Waals surface area contributed by atoms with E-state index in [1.165, 1.54) is 43.1 Å². The van der Waals surface area contributed by atoms with Gasteiger partial charge in [0.25, 0.3) is 7.98 Å². The average Bonchev–Trinajstić information content (AvgIpc) is 3.83. The van der Waals surface area contributed by atoms with E-state index in [0.29, 0.717) is 4.91 Å². The van der Waals surface area contributed by atoms with Crippen LogP contribution in [0.25, 0.3) is 0 Å². The number of aromatic nitrogens is 2. The van der Waals surface area contributed by atoms with Crippen molar-refractivity contribution in [1.82, 2.24) is 24.7 Å². The lowest BCUT2D eigenvalue weighted by molar-refractivity contribution is -0.905. The third-order valence-electron chi connectivity index (χ3n) is 11.4. The Labute approximate surface area is 344 Å². The van der Waals surface area contributed by atoms with Crippen molar-refractivity contribution >= 4 is 86.5 Å². The number of hydrogen-bond donors (Lipinski definition) is 2. The molecule has 0 bridgehead atoms. The normalized spacial score (nSPS) is 28.9. The number of carbonyl (C=O) groups is 4. The van der Waals surface area contributed by atoms with Gasteiger partial charge in [-0.05, 0) is 20.9 Å². The van der Waals surface area contributed by atoms with Crippen LogP contribution in [0.5, 0.6) is 0 Å². The highest BCUT2D eigenvalue weighted by Crippen LogP contribution is 2.54. The monoisotopic (exact) mass is 859 g/mol. The zero-order valence-electron chi connectivity index (χ0n) is 32.0. The molecular formula is C35H43BN7O8PS4. The Morgan fingerprint density at radius 2 is 1.46 bits per heavy atom. The zero-order valence-corrected chi connectivity index (χ0v) is 36.2. The number of fused-ring (bicyclic) bond motifs is 4. The van der Waals surface area contributed by atoms with Gasteiger partial charge in [-0.15, -0.1) is 22.7 Å². The molecule has 6 aliphatic heterocycles. The molecule has 2 aromatic heterocycles. The molecule has 6 aliphatic rings. The first-order chi connectivity index (χ1) is 26.4. The Kier molecular flexibility index (Phi) is 11.7. The Balaban J connectivity index is 0.000000172. The average molecular weight is 860 g/mol. The number of hydrogen-bond acceptors (Lipinski definition) is 16. The van der Waals surface area contributed by atoms with E-state index in [0.717, 1.165) is 68.5 Å². The van der Waals surface area contributed by atoms with Crippen LogP contribution in [0.3, 0.4) is 0 Å². The molecule has 2 saturated heterocycles. The van der Waals surface area contributed by atoms with E-state index >= 15 is 0 Å². The van der Waals surface area contributed by atoms with E-state index < -0.39 is 36.0 Å². The van der Waals surface area contributed by atoms with Crippen LogP contribution in [0, 0.1) is 23.7 Å². The molecule has 2 radical (unpaired) electrons. The summed E-state index contributed by atoms with van der Waals surface area (Å²) in [6.45, 7) is 10.8. The molecule has 0 aliphatic carbocycles. The van der Waals surface area contributed by atoms with Crippen molar-refractivity contribution in [2.75, 3.05) is 34.2 Å². The first kappa shape index (κ1) is 41.5. The lowest BCUT2D eigenvalue weighted by atomic mass is 9.79. The van der Waals surface area contributed by atoms with Gasteiger partial charge in [-0.1, -0.05) is 37.4 Å². The molecule has 8 heterocycles. The van der Waals surface area contributed by atoms with Gasteiger partial charge < -0.3 is 48.5 Å². The fourth-order valence-corrected chi connectivity index (χ4v) is 14.1. The number of nitrogens with zero attached hydrogens (tertiary/aromatic N) is 7. The van der Waals surface area contributed by atoms with Gasteiger partial charge in [-0.3, -0.25) is 9.59 Å². The lowest BCUT2D eigenvalue weighted by Crippen LogP contribution is -2.64. The number of aliphatic carboxylic acids is 1. The number of amides is 2. The predicted octanol–water partition coefficient (Wildman–Crippen LogP) is 2.15. The van der Waals surface area contributed by atoms with E-state index in [-0.39, 0.29) is 55.7 Å². The second-order valence-electron chi connectivity index (χ2n) is 15.8. The number of β-lactam (4-membered cyclic amide) rings is 2. The molecule has 298 valence electrons. The molecule has 15 nitrogen and oxygen atoms in total. The number of aliphatic hydroxyl groups is 2. The molecule has 2 amide bonds. The van der Waals surface area contributed by atoms with Crippen molar-refractivity contribution in [2.24, 2.45) is 28.3 Å². The maximum absolute atomic E-state index is 12.7. The molecular weight excluding hydrogens is 816 g/mol. The summed E-state index contributed by atoms with van der Waals surface area (Å²) in [5.74, 6) is -3.96. The summed E-state index contributed by atoms with van der Waals surface area (Å²) in [6.07, 6.45) is 0.229. The van der Waals surface area contributed by atoms with Gasteiger partial charge in [0.15, 0.2) is 8.68 Å². The van der Waals surface area contributed by atoms with Crippen molar-refractivity contribution in [3.05, 3.63) is 42.3 Å². The van der Waals surface area contributed by atoms with Crippen LogP contribution in [0.1, 0.15) is 48.8 Å². The van der Waals surface area contributed by atoms with Crippen molar-refractivity contribution < 1.29 is 43.5 Å². The van der Waals surface area contributed by atoms with Gasteiger partial charge in [0, 0.05) is 52.5 Å². The summed E-state index contributed by atoms with van der Waals surface area (Å²) in [7, 11) is 11.5. The maximum atomic E-state index is 12.7. The number of likely N-dealkylation sites (N-methyl/N-ethyl adjacent to an activating group) is 2. The molecule has 0 aromatic carbocycles. The number of carboxylic acid groups (broad SMARTS) is 1. The quantitative estimate of drug-likeness (QED) is 0.162. The molecule has 56 heavy (non-hydrogen) atoms. The van der Waals surface area contributed by atoms with Crippen molar-refractivity contribution in [3.63, 3.8) is 0 Å². The predicted molar refractivity (Wildman–Crippen MR) is 211 cm³/mol. The number of thioether (sulfide) groups is 2.